The predicted molar refractivity (Wildman–Crippen MR) is 92.6 cm³/mol. The van der Waals surface area contributed by atoms with Crippen molar-refractivity contribution in [1.82, 2.24) is 10.2 Å². The van der Waals surface area contributed by atoms with Crippen LogP contribution in [0.1, 0.15) is 19.3 Å². The summed E-state index contributed by atoms with van der Waals surface area (Å²) in [6.45, 7) is 4.57. The van der Waals surface area contributed by atoms with Gasteiger partial charge in [0.1, 0.15) is 0 Å². The third-order valence-corrected chi connectivity index (χ3v) is 3.90. The minimum Gasteiger partial charge on any atom is -0.385 e. The molecule has 1 aliphatic rings. The second kappa shape index (κ2) is 8.63. The van der Waals surface area contributed by atoms with Gasteiger partial charge in [-0.2, -0.15) is 0 Å². The van der Waals surface area contributed by atoms with Crippen molar-refractivity contribution >= 4 is 17.3 Å². The van der Waals surface area contributed by atoms with E-state index < -0.39 is 0 Å². The van der Waals surface area contributed by atoms with Gasteiger partial charge in [0.05, 0.1) is 0 Å². The molecule has 0 spiro atoms. The van der Waals surface area contributed by atoms with Crippen molar-refractivity contribution in [3.63, 3.8) is 0 Å². The van der Waals surface area contributed by atoms with Gasteiger partial charge >= 0.3 is 0 Å². The molecular formula is C17H28N4O. The molecule has 5 nitrogen and oxygen atoms in total. The first-order valence-electron chi connectivity index (χ1n) is 8.15. The Kier molecular flexibility index (Phi) is 6.52. The second-order valence-electron chi connectivity index (χ2n) is 6.07. The lowest BCUT2D eigenvalue weighted by Crippen LogP contribution is -2.32. The smallest absolute Gasteiger partial charge is 0.221 e. The van der Waals surface area contributed by atoms with E-state index in [2.05, 4.69) is 44.7 Å². The van der Waals surface area contributed by atoms with Crippen LogP contribution < -0.4 is 15.5 Å². The Morgan fingerprint density at radius 3 is 2.45 bits per heavy atom. The number of carbonyl (C=O) groups excluding carboxylic acids is 1. The SMILES string of the molecule is CN(C)CCNC(=O)CCNc1ccc(N2CCCC2)cc1. The van der Waals surface area contributed by atoms with Gasteiger partial charge in [0, 0.05) is 50.5 Å². The van der Waals surface area contributed by atoms with Crippen molar-refractivity contribution in [2.75, 3.05) is 57.0 Å². The molecular weight excluding hydrogens is 276 g/mol. The summed E-state index contributed by atoms with van der Waals surface area (Å²) in [5.41, 5.74) is 2.37. The highest BCUT2D eigenvalue weighted by molar-refractivity contribution is 5.76. The molecule has 1 fully saturated rings. The average Bonchev–Trinajstić information content (AvgIpc) is 3.02. The zero-order valence-electron chi connectivity index (χ0n) is 13.8. The van der Waals surface area contributed by atoms with E-state index in [0.717, 1.165) is 12.2 Å². The number of rotatable bonds is 8. The maximum absolute atomic E-state index is 11.7. The molecule has 0 unspecified atom stereocenters. The van der Waals surface area contributed by atoms with Crippen LogP contribution in [0.25, 0.3) is 0 Å². The monoisotopic (exact) mass is 304 g/mol. The third kappa shape index (κ3) is 5.56. The number of amides is 1. The van der Waals surface area contributed by atoms with Gasteiger partial charge in [0.2, 0.25) is 5.91 Å². The Balaban J connectivity index is 1.65. The van der Waals surface area contributed by atoms with Crippen LogP contribution in [0.5, 0.6) is 0 Å². The summed E-state index contributed by atoms with van der Waals surface area (Å²) in [5.74, 6) is 0.100. The number of nitrogens with one attached hydrogen (secondary N) is 2. The van der Waals surface area contributed by atoms with Crippen molar-refractivity contribution in [1.29, 1.82) is 0 Å². The van der Waals surface area contributed by atoms with E-state index in [1.54, 1.807) is 0 Å². The molecule has 0 saturated carbocycles. The summed E-state index contributed by atoms with van der Waals surface area (Å²) in [7, 11) is 4.00. The first-order valence-corrected chi connectivity index (χ1v) is 8.15. The summed E-state index contributed by atoms with van der Waals surface area (Å²) >= 11 is 0. The van der Waals surface area contributed by atoms with Crippen LogP contribution in [-0.4, -0.2) is 57.6 Å². The standard InChI is InChI=1S/C17H28N4O/c1-20(2)14-11-19-17(22)9-10-18-15-5-7-16(8-6-15)21-12-3-4-13-21/h5-8,18H,3-4,9-14H2,1-2H3,(H,19,22). The van der Waals surface area contributed by atoms with Crippen LogP contribution in [0.4, 0.5) is 11.4 Å². The quantitative estimate of drug-likeness (QED) is 0.768. The molecule has 0 aromatic heterocycles. The molecule has 0 atom stereocenters. The zero-order chi connectivity index (χ0) is 15.8. The Hall–Kier alpha value is -1.75. The fraction of sp³-hybridized carbons (Fsp3) is 0.588. The van der Waals surface area contributed by atoms with Gasteiger partial charge in [-0.25, -0.2) is 0 Å². The Labute approximate surface area is 133 Å². The molecule has 1 amide bonds. The highest BCUT2D eigenvalue weighted by Crippen LogP contribution is 2.21. The normalized spacial score (nSPS) is 14.4. The van der Waals surface area contributed by atoms with Crippen LogP contribution >= 0.6 is 0 Å². The molecule has 5 heteroatoms. The summed E-state index contributed by atoms with van der Waals surface area (Å²) in [6.07, 6.45) is 3.09. The van der Waals surface area contributed by atoms with Crippen molar-refractivity contribution in [3.8, 4) is 0 Å². The fourth-order valence-corrected chi connectivity index (χ4v) is 2.59. The van der Waals surface area contributed by atoms with Crippen LogP contribution in [0.3, 0.4) is 0 Å². The van der Waals surface area contributed by atoms with E-state index in [-0.39, 0.29) is 5.91 Å². The predicted octanol–water partition coefficient (Wildman–Crippen LogP) is 1.77. The number of carbonyl (C=O) groups is 1. The lowest BCUT2D eigenvalue weighted by atomic mass is 10.2. The number of hydrogen-bond acceptors (Lipinski definition) is 4. The summed E-state index contributed by atoms with van der Waals surface area (Å²) < 4.78 is 0. The first-order chi connectivity index (χ1) is 10.6. The van der Waals surface area contributed by atoms with Gasteiger partial charge < -0.3 is 20.4 Å². The van der Waals surface area contributed by atoms with Crippen LogP contribution in [0.15, 0.2) is 24.3 Å². The highest BCUT2D eigenvalue weighted by atomic mass is 16.1. The van der Waals surface area contributed by atoms with Crippen molar-refractivity contribution in [2.45, 2.75) is 19.3 Å². The lowest BCUT2D eigenvalue weighted by molar-refractivity contribution is -0.120. The molecule has 1 aromatic carbocycles. The van der Waals surface area contributed by atoms with Crippen molar-refractivity contribution < 1.29 is 4.79 Å². The molecule has 22 heavy (non-hydrogen) atoms. The average molecular weight is 304 g/mol. The number of hydrogen-bond donors (Lipinski definition) is 2. The summed E-state index contributed by atoms with van der Waals surface area (Å²) in [6, 6.07) is 8.50. The molecule has 1 aliphatic heterocycles. The lowest BCUT2D eigenvalue weighted by Gasteiger charge is -2.18. The largest absolute Gasteiger partial charge is 0.385 e. The second-order valence-corrected chi connectivity index (χ2v) is 6.07. The third-order valence-electron chi connectivity index (χ3n) is 3.90. The van der Waals surface area contributed by atoms with E-state index in [9.17, 15) is 4.79 Å². The Bertz CT molecular complexity index is 452. The van der Waals surface area contributed by atoms with E-state index >= 15 is 0 Å². The van der Waals surface area contributed by atoms with E-state index in [4.69, 9.17) is 0 Å². The minimum absolute atomic E-state index is 0.100. The molecule has 1 saturated heterocycles. The van der Waals surface area contributed by atoms with Gasteiger partial charge in [-0.3, -0.25) is 4.79 Å². The molecule has 1 heterocycles. The molecule has 122 valence electrons. The number of anilines is 2. The Morgan fingerprint density at radius 1 is 1.14 bits per heavy atom. The molecule has 1 aromatic rings. The summed E-state index contributed by atoms with van der Waals surface area (Å²) in [4.78, 5) is 16.1. The molecule has 2 rings (SSSR count). The Morgan fingerprint density at radius 2 is 1.82 bits per heavy atom. The van der Waals surface area contributed by atoms with Crippen LogP contribution in [-0.2, 0) is 4.79 Å². The van der Waals surface area contributed by atoms with Crippen LogP contribution in [0.2, 0.25) is 0 Å². The van der Waals surface area contributed by atoms with E-state index in [1.165, 1.54) is 31.6 Å². The van der Waals surface area contributed by atoms with Crippen molar-refractivity contribution in [2.24, 2.45) is 0 Å². The van der Waals surface area contributed by atoms with E-state index in [0.29, 0.717) is 19.5 Å². The van der Waals surface area contributed by atoms with Gasteiger partial charge in [0.15, 0.2) is 0 Å². The molecule has 2 N–H and O–H groups in total. The van der Waals surface area contributed by atoms with Gasteiger partial charge in [-0.1, -0.05) is 0 Å². The first kappa shape index (κ1) is 16.6. The maximum atomic E-state index is 11.7. The van der Waals surface area contributed by atoms with Crippen LogP contribution in [0, 0.1) is 0 Å². The fourth-order valence-electron chi connectivity index (χ4n) is 2.59. The number of benzene rings is 1. The molecule has 0 aliphatic carbocycles. The number of likely N-dealkylation sites (N-methyl/N-ethyl adjacent to an activating group) is 1. The highest BCUT2D eigenvalue weighted by Gasteiger charge is 2.11. The van der Waals surface area contributed by atoms with Gasteiger partial charge in [0.25, 0.3) is 0 Å². The minimum atomic E-state index is 0.100. The number of nitrogens with zero attached hydrogens (tertiary/aromatic N) is 2. The van der Waals surface area contributed by atoms with Gasteiger partial charge in [-0.05, 0) is 51.2 Å². The maximum Gasteiger partial charge on any atom is 0.221 e. The van der Waals surface area contributed by atoms with Crippen molar-refractivity contribution in [3.05, 3.63) is 24.3 Å². The molecule has 0 radical (unpaired) electrons. The topological polar surface area (TPSA) is 47.6 Å². The van der Waals surface area contributed by atoms with E-state index in [1.807, 2.05) is 14.1 Å². The molecule has 0 bridgehead atoms. The summed E-state index contributed by atoms with van der Waals surface area (Å²) in [5, 5.41) is 6.22. The zero-order valence-corrected chi connectivity index (χ0v) is 13.8. The van der Waals surface area contributed by atoms with Gasteiger partial charge in [-0.15, -0.1) is 0 Å².